The van der Waals surface area contributed by atoms with Gasteiger partial charge in [0, 0.05) is 11.1 Å². The van der Waals surface area contributed by atoms with Gasteiger partial charge in [0.2, 0.25) is 0 Å². The Bertz CT molecular complexity index is 818. The van der Waals surface area contributed by atoms with Crippen LogP contribution in [0.3, 0.4) is 0 Å². The van der Waals surface area contributed by atoms with Gasteiger partial charge >= 0.3 is 5.97 Å². The third-order valence-corrected chi connectivity index (χ3v) is 4.67. The number of sulfonamides is 1. The summed E-state index contributed by atoms with van der Waals surface area (Å²) in [4.78, 5) is 14.1. The highest BCUT2D eigenvalue weighted by atomic mass is 32.2. The molecule has 0 aliphatic heterocycles. The summed E-state index contributed by atoms with van der Waals surface area (Å²) in [5.74, 6) is -4.79. The second kappa shape index (κ2) is 5.37. The summed E-state index contributed by atoms with van der Waals surface area (Å²) in [6.07, 6.45) is 1.40. The molecule has 0 fully saturated rings. The summed E-state index contributed by atoms with van der Waals surface area (Å²) in [5, 5.41) is 8.73. The molecule has 2 N–H and O–H groups in total. The highest BCUT2D eigenvalue weighted by Crippen LogP contribution is 2.24. The number of aromatic nitrogens is 1. The summed E-state index contributed by atoms with van der Waals surface area (Å²) >= 11 is 0.996. The molecule has 112 valence electrons. The molecule has 0 saturated heterocycles. The monoisotopic (exact) mass is 334 g/mol. The number of nitrogens with one attached hydrogen (secondary N) is 1. The van der Waals surface area contributed by atoms with Gasteiger partial charge in [0.25, 0.3) is 10.0 Å². The number of benzene rings is 1. The van der Waals surface area contributed by atoms with Crippen LogP contribution < -0.4 is 4.72 Å². The molecule has 0 saturated carbocycles. The smallest absolute Gasteiger partial charge is 0.335 e. The lowest BCUT2D eigenvalue weighted by Crippen LogP contribution is -2.16. The number of anilines is 1. The molecule has 0 atom stereocenters. The van der Waals surface area contributed by atoms with E-state index >= 15 is 0 Å². The van der Waals surface area contributed by atoms with Crippen molar-refractivity contribution in [3.8, 4) is 0 Å². The Morgan fingerprint density at radius 3 is 2.57 bits per heavy atom. The van der Waals surface area contributed by atoms with E-state index in [0.29, 0.717) is 17.0 Å². The van der Waals surface area contributed by atoms with Gasteiger partial charge in [-0.2, -0.15) is 0 Å². The molecule has 6 nitrogen and oxygen atoms in total. The highest BCUT2D eigenvalue weighted by molar-refractivity contribution is 7.93. The Labute approximate surface area is 122 Å². The number of rotatable bonds is 4. The van der Waals surface area contributed by atoms with Gasteiger partial charge < -0.3 is 5.11 Å². The van der Waals surface area contributed by atoms with Crippen molar-refractivity contribution in [2.45, 2.75) is 11.8 Å². The molecule has 1 heterocycles. The van der Waals surface area contributed by atoms with Crippen LogP contribution in [0.2, 0.25) is 0 Å². The predicted octanol–water partition coefficient (Wildman–Crippen LogP) is 2.23. The third-order valence-electron chi connectivity index (χ3n) is 2.37. The van der Waals surface area contributed by atoms with Gasteiger partial charge in [-0.1, -0.05) is 0 Å². The molecule has 0 amide bonds. The summed E-state index contributed by atoms with van der Waals surface area (Å²) in [6.45, 7) is 1.68. The second-order valence-electron chi connectivity index (χ2n) is 3.96. The van der Waals surface area contributed by atoms with E-state index < -0.39 is 38.1 Å². The molecule has 0 spiro atoms. The Morgan fingerprint density at radius 1 is 1.38 bits per heavy atom. The Hall–Kier alpha value is -2.07. The van der Waals surface area contributed by atoms with Crippen LogP contribution in [0.4, 0.5) is 13.9 Å². The zero-order valence-corrected chi connectivity index (χ0v) is 12.1. The Balaban J connectivity index is 2.51. The zero-order valence-electron chi connectivity index (χ0n) is 10.4. The van der Waals surface area contributed by atoms with Crippen LogP contribution in [-0.2, 0) is 10.0 Å². The fraction of sp³-hybridized carbons (Fsp3) is 0.0909. The largest absolute Gasteiger partial charge is 0.478 e. The lowest BCUT2D eigenvalue weighted by Gasteiger charge is -2.08. The van der Waals surface area contributed by atoms with E-state index in [1.165, 1.54) is 6.20 Å². The molecule has 1 aromatic carbocycles. The first-order chi connectivity index (χ1) is 9.70. The SMILES string of the molecule is Cc1cnc(NS(=O)(=O)c2cc(C(=O)O)cc(F)c2F)s1. The Morgan fingerprint density at radius 2 is 2.05 bits per heavy atom. The van der Waals surface area contributed by atoms with Crippen molar-refractivity contribution in [2.75, 3.05) is 4.72 Å². The van der Waals surface area contributed by atoms with Crippen molar-refractivity contribution < 1.29 is 27.1 Å². The number of hydrogen-bond donors (Lipinski definition) is 2. The zero-order chi connectivity index (χ0) is 15.8. The fourth-order valence-electron chi connectivity index (χ4n) is 1.45. The molecule has 0 aliphatic rings. The number of halogens is 2. The minimum atomic E-state index is -4.49. The van der Waals surface area contributed by atoms with Crippen molar-refractivity contribution >= 4 is 32.5 Å². The van der Waals surface area contributed by atoms with Crippen molar-refractivity contribution in [3.05, 3.63) is 40.4 Å². The van der Waals surface area contributed by atoms with Gasteiger partial charge in [-0.25, -0.2) is 27.0 Å². The van der Waals surface area contributed by atoms with E-state index in [2.05, 4.69) is 4.98 Å². The molecule has 0 bridgehead atoms. The lowest BCUT2D eigenvalue weighted by atomic mass is 10.2. The van der Waals surface area contributed by atoms with Crippen LogP contribution in [0.15, 0.2) is 23.2 Å². The lowest BCUT2D eigenvalue weighted by molar-refractivity contribution is 0.0696. The van der Waals surface area contributed by atoms with Gasteiger partial charge in [0.15, 0.2) is 16.8 Å². The minimum Gasteiger partial charge on any atom is -0.478 e. The van der Waals surface area contributed by atoms with Crippen LogP contribution >= 0.6 is 11.3 Å². The van der Waals surface area contributed by atoms with Crippen LogP contribution in [0.5, 0.6) is 0 Å². The third kappa shape index (κ3) is 3.16. The minimum absolute atomic E-state index is 0.0342. The van der Waals surface area contributed by atoms with Gasteiger partial charge in [-0.3, -0.25) is 4.72 Å². The number of carboxylic acid groups (broad SMARTS) is 1. The molecule has 0 aliphatic carbocycles. The molecule has 21 heavy (non-hydrogen) atoms. The van der Waals surface area contributed by atoms with Crippen molar-refractivity contribution in [3.63, 3.8) is 0 Å². The molecular weight excluding hydrogens is 326 g/mol. The second-order valence-corrected chi connectivity index (χ2v) is 6.84. The number of carboxylic acids is 1. The number of aryl methyl sites for hydroxylation is 1. The summed E-state index contributed by atoms with van der Waals surface area (Å²) in [6, 6.07) is 0.952. The molecule has 2 aromatic rings. The first-order valence-corrected chi connectivity index (χ1v) is 7.68. The Kier molecular flexibility index (Phi) is 3.92. The quantitative estimate of drug-likeness (QED) is 0.894. The summed E-state index contributed by atoms with van der Waals surface area (Å²) < 4.78 is 53.0. The molecule has 0 unspecified atom stereocenters. The summed E-state index contributed by atoms with van der Waals surface area (Å²) in [5.41, 5.74) is -0.676. The van der Waals surface area contributed by atoms with Gasteiger partial charge in [-0.15, -0.1) is 11.3 Å². The van der Waals surface area contributed by atoms with Gasteiger partial charge in [0.1, 0.15) is 4.90 Å². The molecule has 1 aromatic heterocycles. The number of nitrogens with zero attached hydrogens (tertiary/aromatic N) is 1. The molecule has 10 heteroatoms. The van der Waals surface area contributed by atoms with Gasteiger partial charge in [0.05, 0.1) is 5.56 Å². The molecular formula is C11H8F2N2O4S2. The van der Waals surface area contributed by atoms with Gasteiger partial charge in [-0.05, 0) is 19.1 Å². The van der Waals surface area contributed by atoms with Crippen LogP contribution in [-0.4, -0.2) is 24.5 Å². The maximum atomic E-state index is 13.6. The van der Waals surface area contributed by atoms with Crippen LogP contribution in [0.1, 0.15) is 15.2 Å². The maximum Gasteiger partial charge on any atom is 0.335 e. The topological polar surface area (TPSA) is 96.4 Å². The normalized spacial score (nSPS) is 11.4. The fourth-order valence-corrected chi connectivity index (χ4v) is 3.47. The number of carbonyl (C=O) groups is 1. The van der Waals surface area contributed by atoms with Crippen molar-refractivity contribution in [1.82, 2.24) is 4.98 Å². The van der Waals surface area contributed by atoms with Crippen LogP contribution in [0.25, 0.3) is 0 Å². The first-order valence-electron chi connectivity index (χ1n) is 5.38. The van der Waals surface area contributed by atoms with Crippen molar-refractivity contribution in [2.24, 2.45) is 0 Å². The van der Waals surface area contributed by atoms with E-state index in [-0.39, 0.29) is 5.13 Å². The van der Waals surface area contributed by atoms with E-state index in [1.807, 2.05) is 4.72 Å². The number of hydrogen-bond acceptors (Lipinski definition) is 5. The highest BCUT2D eigenvalue weighted by Gasteiger charge is 2.25. The van der Waals surface area contributed by atoms with Crippen LogP contribution in [0, 0.1) is 18.6 Å². The van der Waals surface area contributed by atoms with Crippen molar-refractivity contribution in [1.29, 1.82) is 0 Å². The molecule has 0 radical (unpaired) electrons. The van der Waals surface area contributed by atoms with E-state index in [9.17, 15) is 22.0 Å². The maximum absolute atomic E-state index is 13.6. The first kappa shape index (κ1) is 15.3. The van der Waals surface area contributed by atoms with E-state index in [0.717, 1.165) is 11.3 Å². The number of aromatic carboxylic acids is 1. The molecule has 2 rings (SSSR count). The van der Waals surface area contributed by atoms with E-state index in [4.69, 9.17) is 5.11 Å². The predicted molar refractivity (Wildman–Crippen MR) is 71.0 cm³/mol. The summed E-state index contributed by atoms with van der Waals surface area (Å²) in [7, 11) is -4.49. The average Bonchev–Trinajstić information content (AvgIpc) is 2.76. The standard InChI is InChI=1S/C11H8F2N2O4S2/c1-5-4-14-11(20-5)15-21(18,19)8-3-6(10(16)17)2-7(12)9(8)13/h2-4H,1H3,(H,14,15)(H,16,17). The average molecular weight is 334 g/mol. The van der Waals surface area contributed by atoms with E-state index in [1.54, 1.807) is 6.92 Å². The number of thiazole rings is 1.